The molecule has 1 saturated heterocycles. The third-order valence-electron chi connectivity index (χ3n) is 4.95. The number of amides is 1. The maximum absolute atomic E-state index is 12.8. The molecule has 25 heavy (non-hydrogen) atoms. The number of benzene rings is 1. The van der Waals surface area contributed by atoms with Crippen LogP contribution in [-0.4, -0.2) is 38.0 Å². The first-order valence-corrected chi connectivity index (χ1v) is 10.8. The second-order valence-electron chi connectivity index (χ2n) is 7.55. The number of nitrogens with one attached hydrogen (secondary N) is 1. The smallest absolute Gasteiger partial charge is 0.224 e. The molecular weight excluding hydrogens is 336 g/mol. The molecule has 0 radical (unpaired) electrons. The number of nitrogens with zero attached hydrogens (tertiary/aromatic N) is 1. The molecule has 1 N–H and O–H groups in total. The van der Waals surface area contributed by atoms with Crippen LogP contribution in [0.5, 0.6) is 0 Å². The molecule has 0 bridgehead atoms. The number of sulfonamides is 1. The molecule has 1 aliphatic rings. The van der Waals surface area contributed by atoms with Gasteiger partial charge < -0.3 is 5.32 Å². The standard InChI is InChI=1S/C19H30N2O3S/c1-13(2)18(17-9-8-14(3)11-15(17)4)20-19(22)16-7-6-10-21(12-16)25(5,23)24/h8-9,11,13,16,18H,6-7,10,12H2,1-5H3,(H,20,22)/t16-,18-/m0/s1. The van der Waals surface area contributed by atoms with Gasteiger partial charge in [-0.2, -0.15) is 0 Å². The van der Waals surface area contributed by atoms with Gasteiger partial charge in [-0.1, -0.05) is 37.6 Å². The van der Waals surface area contributed by atoms with Crippen LogP contribution in [-0.2, 0) is 14.8 Å². The number of carbonyl (C=O) groups is 1. The first-order chi connectivity index (χ1) is 11.6. The van der Waals surface area contributed by atoms with E-state index in [0.29, 0.717) is 6.54 Å². The van der Waals surface area contributed by atoms with Crippen LogP contribution in [0.4, 0.5) is 0 Å². The van der Waals surface area contributed by atoms with E-state index in [1.165, 1.54) is 21.7 Å². The average molecular weight is 367 g/mol. The van der Waals surface area contributed by atoms with Crippen LogP contribution in [0.1, 0.15) is 49.4 Å². The number of piperidine rings is 1. The van der Waals surface area contributed by atoms with Crippen molar-refractivity contribution in [3.63, 3.8) is 0 Å². The summed E-state index contributed by atoms with van der Waals surface area (Å²) in [4.78, 5) is 12.8. The summed E-state index contributed by atoms with van der Waals surface area (Å²) < 4.78 is 25.0. The van der Waals surface area contributed by atoms with E-state index in [9.17, 15) is 13.2 Å². The van der Waals surface area contributed by atoms with Crippen LogP contribution in [0.3, 0.4) is 0 Å². The Hall–Kier alpha value is -1.40. The summed E-state index contributed by atoms with van der Waals surface area (Å²) in [6.07, 6.45) is 2.66. The Morgan fingerprint density at radius 3 is 2.52 bits per heavy atom. The molecule has 6 heteroatoms. The number of rotatable bonds is 5. The molecule has 1 amide bonds. The first-order valence-electron chi connectivity index (χ1n) is 8.92. The summed E-state index contributed by atoms with van der Waals surface area (Å²) in [6.45, 7) is 9.09. The van der Waals surface area contributed by atoms with E-state index >= 15 is 0 Å². The topological polar surface area (TPSA) is 66.5 Å². The van der Waals surface area contributed by atoms with Crippen LogP contribution < -0.4 is 5.32 Å². The lowest BCUT2D eigenvalue weighted by molar-refractivity contribution is -0.127. The molecule has 5 nitrogen and oxygen atoms in total. The van der Waals surface area contributed by atoms with Crippen LogP contribution in [0.15, 0.2) is 18.2 Å². The van der Waals surface area contributed by atoms with E-state index in [1.807, 2.05) is 0 Å². The minimum Gasteiger partial charge on any atom is -0.349 e. The molecule has 1 aliphatic heterocycles. The Morgan fingerprint density at radius 1 is 1.28 bits per heavy atom. The Morgan fingerprint density at radius 2 is 1.96 bits per heavy atom. The molecule has 0 unspecified atom stereocenters. The summed E-state index contributed by atoms with van der Waals surface area (Å²) in [6, 6.07) is 6.21. The lowest BCUT2D eigenvalue weighted by Crippen LogP contribution is -2.46. The molecular formula is C19H30N2O3S. The van der Waals surface area contributed by atoms with Crippen molar-refractivity contribution in [1.29, 1.82) is 0 Å². The van der Waals surface area contributed by atoms with E-state index in [1.54, 1.807) is 0 Å². The normalized spacial score (nSPS) is 20.5. The third kappa shape index (κ3) is 5.05. The molecule has 1 heterocycles. The Balaban J connectivity index is 2.15. The molecule has 140 valence electrons. The third-order valence-corrected chi connectivity index (χ3v) is 6.22. The van der Waals surface area contributed by atoms with Crippen molar-refractivity contribution < 1.29 is 13.2 Å². The van der Waals surface area contributed by atoms with Gasteiger partial charge in [0.1, 0.15) is 0 Å². The summed E-state index contributed by atoms with van der Waals surface area (Å²) >= 11 is 0. The van der Waals surface area contributed by atoms with Crippen LogP contribution in [0, 0.1) is 25.7 Å². The maximum Gasteiger partial charge on any atom is 0.224 e. The molecule has 0 aliphatic carbocycles. The summed E-state index contributed by atoms with van der Waals surface area (Å²) in [7, 11) is -3.25. The largest absolute Gasteiger partial charge is 0.349 e. The highest BCUT2D eigenvalue weighted by molar-refractivity contribution is 7.88. The van der Waals surface area contributed by atoms with Gasteiger partial charge in [0.15, 0.2) is 0 Å². The average Bonchev–Trinajstić information content (AvgIpc) is 2.52. The molecule has 1 fully saturated rings. The van der Waals surface area contributed by atoms with Crippen molar-refractivity contribution in [2.75, 3.05) is 19.3 Å². The van der Waals surface area contributed by atoms with Gasteiger partial charge in [-0.25, -0.2) is 12.7 Å². The molecule has 2 rings (SSSR count). The SMILES string of the molecule is Cc1ccc([C@@H](NC(=O)[C@H]2CCCN(S(C)(=O)=O)C2)C(C)C)c(C)c1. The molecule has 0 spiro atoms. The van der Waals surface area contributed by atoms with Crippen molar-refractivity contribution in [1.82, 2.24) is 9.62 Å². The van der Waals surface area contributed by atoms with Crippen molar-refractivity contribution in [3.05, 3.63) is 34.9 Å². The van der Waals surface area contributed by atoms with Crippen molar-refractivity contribution >= 4 is 15.9 Å². The summed E-state index contributed by atoms with van der Waals surface area (Å²) in [5, 5.41) is 3.17. The highest BCUT2D eigenvalue weighted by Gasteiger charge is 2.32. The van der Waals surface area contributed by atoms with Gasteiger partial charge in [-0.15, -0.1) is 0 Å². The summed E-state index contributed by atoms with van der Waals surface area (Å²) in [5.74, 6) is -0.0811. The first kappa shape index (κ1) is 19.9. The van der Waals surface area contributed by atoms with Gasteiger partial charge in [-0.05, 0) is 43.7 Å². The Kier molecular flexibility index (Phi) is 6.27. The maximum atomic E-state index is 12.8. The highest BCUT2D eigenvalue weighted by atomic mass is 32.2. The Bertz CT molecular complexity index is 728. The Labute approximate surface area is 151 Å². The van der Waals surface area contributed by atoms with E-state index in [0.717, 1.165) is 18.4 Å². The quantitative estimate of drug-likeness (QED) is 0.871. The van der Waals surface area contributed by atoms with E-state index in [4.69, 9.17) is 0 Å². The second kappa shape index (κ2) is 7.87. The van der Waals surface area contributed by atoms with Crippen LogP contribution in [0.2, 0.25) is 0 Å². The monoisotopic (exact) mass is 366 g/mol. The van der Waals surface area contributed by atoms with Gasteiger partial charge in [0.25, 0.3) is 0 Å². The predicted octanol–water partition coefficient (Wildman–Crippen LogP) is 2.79. The van der Waals surface area contributed by atoms with Crippen molar-refractivity contribution in [3.8, 4) is 0 Å². The van der Waals surface area contributed by atoms with Gasteiger partial charge in [-0.3, -0.25) is 4.79 Å². The molecule has 2 atom stereocenters. The van der Waals surface area contributed by atoms with Crippen LogP contribution in [0.25, 0.3) is 0 Å². The fourth-order valence-corrected chi connectivity index (χ4v) is 4.42. The molecule has 1 aromatic rings. The number of hydrogen-bond donors (Lipinski definition) is 1. The highest BCUT2D eigenvalue weighted by Crippen LogP contribution is 2.27. The lowest BCUT2D eigenvalue weighted by atomic mass is 9.90. The fourth-order valence-electron chi connectivity index (χ4n) is 3.51. The van der Waals surface area contributed by atoms with E-state index in [-0.39, 0.29) is 30.3 Å². The van der Waals surface area contributed by atoms with Gasteiger partial charge in [0, 0.05) is 13.1 Å². The summed E-state index contributed by atoms with van der Waals surface area (Å²) in [5.41, 5.74) is 3.50. The minimum absolute atomic E-state index is 0.0491. The molecule has 0 aromatic heterocycles. The zero-order valence-corrected chi connectivity index (χ0v) is 16.7. The minimum atomic E-state index is -3.25. The number of aryl methyl sites for hydroxylation is 2. The van der Waals surface area contributed by atoms with Crippen LogP contribution >= 0.6 is 0 Å². The van der Waals surface area contributed by atoms with Gasteiger partial charge in [0.2, 0.25) is 15.9 Å². The number of hydrogen-bond acceptors (Lipinski definition) is 3. The van der Waals surface area contributed by atoms with E-state index in [2.05, 4.69) is 51.2 Å². The number of carbonyl (C=O) groups excluding carboxylic acids is 1. The van der Waals surface area contributed by atoms with Gasteiger partial charge in [0.05, 0.1) is 18.2 Å². The predicted molar refractivity (Wildman–Crippen MR) is 101 cm³/mol. The van der Waals surface area contributed by atoms with Crippen molar-refractivity contribution in [2.24, 2.45) is 11.8 Å². The fraction of sp³-hybridized carbons (Fsp3) is 0.632. The second-order valence-corrected chi connectivity index (χ2v) is 9.53. The zero-order chi connectivity index (χ0) is 18.8. The molecule has 1 aromatic carbocycles. The molecule has 0 saturated carbocycles. The zero-order valence-electron chi connectivity index (χ0n) is 15.9. The lowest BCUT2D eigenvalue weighted by Gasteiger charge is -2.32. The van der Waals surface area contributed by atoms with Gasteiger partial charge >= 0.3 is 0 Å². The van der Waals surface area contributed by atoms with E-state index < -0.39 is 10.0 Å². The van der Waals surface area contributed by atoms with Crippen molar-refractivity contribution in [2.45, 2.75) is 46.6 Å².